The number of hydrogen-bond acceptors (Lipinski definition) is 1. The monoisotopic (exact) mass is 99.0 g/mol. The Morgan fingerprint density at radius 1 is 1.17 bits per heavy atom. The minimum atomic E-state index is -0.284. The Bertz CT molecular complexity index is 110. The van der Waals surface area contributed by atoms with E-state index in [1.165, 1.54) is 0 Å². The maximum atomic E-state index is 6.99. The third-order valence-corrected chi connectivity index (χ3v) is 1.46. The summed E-state index contributed by atoms with van der Waals surface area (Å²) >= 11 is 0. The third kappa shape index (κ3) is 0.571. The summed E-state index contributed by atoms with van der Waals surface area (Å²) in [6.07, 6.45) is 3.80. The van der Waals surface area contributed by atoms with Gasteiger partial charge in [0.2, 0.25) is 0 Å². The molecular formula is C4H5NS. The molecule has 1 nitrogen and oxygen atoms in total. The van der Waals surface area contributed by atoms with Gasteiger partial charge in [-0.3, -0.25) is 4.78 Å². The van der Waals surface area contributed by atoms with E-state index in [0.29, 0.717) is 0 Å². The number of nitrogens with one attached hydrogen (secondary N) is 1. The zero-order valence-corrected chi connectivity index (χ0v) is 4.03. The van der Waals surface area contributed by atoms with Gasteiger partial charge < -0.3 is 0 Å². The molecule has 1 rings (SSSR count). The normalized spacial score (nSPS) is 20.0. The first-order chi connectivity index (χ1) is 2.89. The summed E-state index contributed by atoms with van der Waals surface area (Å²) in [6, 6.07) is 0. The third-order valence-electron chi connectivity index (χ3n) is 0.561. The molecule has 2 heteroatoms. The summed E-state index contributed by atoms with van der Waals surface area (Å²) in [4.78, 5) is 0. The van der Waals surface area contributed by atoms with Gasteiger partial charge >= 0.3 is 0 Å². The summed E-state index contributed by atoms with van der Waals surface area (Å²) < 4.78 is 6.99. The molecule has 0 aromatic rings. The van der Waals surface area contributed by atoms with Crippen LogP contribution in [0.2, 0.25) is 0 Å². The molecule has 32 valence electrons. The van der Waals surface area contributed by atoms with Gasteiger partial charge in [-0.25, -0.2) is 0 Å². The van der Waals surface area contributed by atoms with Crippen LogP contribution in [-0.4, -0.2) is 0 Å². The molecule has 0 aromatic carbocycles. The second-order valence-corrected chi connectivity index (χ2v) is 2.32. The lowest BCUT2D eigenvalue weighted by molar-refractivity contribution is 1.65. The van der Waals surface area contributed by atoms with Gasteiger partial charge in [0.15, 0.2) is 0 Å². The van der Waals surface area contributed by atoms with Crippen molar-refractivity contribution in [2.75, 3.05) is 0 Å². The highest BCUT2D eigenvalue weighted by molar-refractivity contribution is 7.92. The molecule has 0 fully saturated rings. The van der Waals surface area contributed by atoms with E-state index in [1.807, 2.05) is 23.0 Å². The van der Waals surface area contributed by atoms with E-state index in [4.69, 9.17) is 4.78 Å². The summed E-state index contributed by atoms with van der Waals surface area (Å²) in [5.74, 6) is 0. The topological polar surface area (TPSA) is 23.9 Å². The molecule has 1 aliphatic heterocycles. The lowest BCUT2D eigenvalue weighted by Crippen LogP contribution is -1.58. The fourth-order valence-corrected chi connectivity index (χ4v) is 0.916. The summed E-state index contributed by atoms with van der Waals surface area (Å²) in [7, 11) is -0.284. The fraction of sp³-hybridized carbons (Fsp3) is 0. The number of allylic oxidation sites excluding steroid dienone is 2. The van der Waals surface area contributed by atoms with Gasteiger partial charge in [-0.05, 0) is 10.8 Å². The molecule has 0 amide bonds. The molecule has 0 atom stereocenters. The molecule has 0 bridgehead atoms. The van der Waals surface area contributed by atoms with E-state index in [0.717, 1.165) is 0 Å². The van der Waals surface area contributed by atoms with Gasteiger partial charge in [-0.1, -0.05) is 22.8 Å². The van der Waals surface area contributed by atoms with E-state index >= 15 is 0 Å². The van der Waals surface area contributed by atoms with Crippen molar-refractivity contribution < 1.29 is 0 Å². The van der Waals surface area contributed by atoms with Crippen molar-refractivity contribution in [3.8, 4) is 0 Å². The van der Waals surface area contributed by atoms with Crippen LogP contribution in [0.15, 0.2) is 23.0 Å². The predicted molar refractivity (Wildman–Crippen MR) is 28.4 cm³/mol. The lowest BCUT2D eigenvalue weighted by atomic mass is 10.6. The highest BCUT2D eigenvalue weighted by Gasteiger charge is 1.81. The first-order valence-corrected chi connectivity index (χ1v) is 3.03. The Morgan fingerprint density at radius 2 is 1.67 bits per heavy atom. The maximum Gasteiger partial charge on any atom is -0.0140 e. The van der Waals surface area contributed by atoms with Crippen molar-refractivity contribution in [3.63, 3.8) is 0 Å². The van der Waals surface area contributed by atoms with Crippen LogP contribution < -0.4 is 0 Å². The van der Waals surface area contributed by atoms with E-state index in [1.54, 1.807) is 0 Å². The maximum absolute atomic E-state index is 6.99. The molecule has 1 aliphatic rings. The molecular weight excluding hydrogens is 94.1 g/mol. The first kappa shape index (κ1) is 3.81. The molecule has 0 spiro atoms. The largest absolute Gasteiger partial charge is 0.272 e. The van der Waals surface area contributed by atoms with Crippen LogP contribution >= 0.6 is 0 Å². The van der Waals surface area contributed by atoms with Gasteiger partial charge in [-0.15, -0.1) is 0 Å². The van der Waals surface area contributed by atoms with Crippen molar-refractivity contribution in [3.05, 3.63) is 23.0 Å². The molecule has 1 N–H and O–H groups in total. The van der Waals surface area contributed by atoms with E-state index in [9.17, 15) is 0 Å². The summed E-state index contributed by atoms with van der Waals surface area (Å²) in [6.45, 7) is 0. The minimum absolute atomic E-state index is 0.284. The first-order valence-electron chi connectivity index (χ1n) is 1.68. The van der Waals surface area contributed by atoms with Crippen LogP contribution in [0.4, 0.5) is 0 Å². The highest BCUT2D eigenvalue weighted by atomic mass is 32.2. The Kier molecular flexibility index (Phi) is 0.881. The van der Waals surface area contributed by atoms with E-state index in [2.05, 4.69) is 0 Å². The predicted octanol–water partition coefficient (Wildman–Crippen LogP) is 1.41. The van der Waals surface area contributed by atoms with Crippen LogP contribution in [0.25, 0.3) is 0 Å². The van der Waals surface area contributed by atoms with Crippen molar-refractivity contribution in [1.82, 2.24) is 0 Å². The minimum Gasteiger partial charge on any atom is -0.272 e. The van der Waals surface area contributed by atoms with E-state index < -0.39 is 0 Å². The summed E-state index contributed by atoms with van der Waals surface area (Å²) in [5.41, 5.74) is 0. The molecule has 0 saturated heterocycles. The molecule has 0 aliphatic carbocycles. The number of hydrogen-bond donors (Lipinski definition) is 1. The summed E-state index contributed by atoms with van der Waals surface area (Å²) in [5, 5.41) is 3.72. The standard InChI is InChI=1S/C4H5NS/c5-6-3-1-2-4-6/h1-5H. The van der Waals surface area contributed by atoms with Crippen LogP contribution in [0.5, 0.6) is 0 Å². The van der Waals surface area contributed by atoms with Crippen molar-refractivity contribution >= 4 is 10.7 Å². The smallest absolute Gasteiger partial charge is 0.0140 e. The highest BCUT2D eigenvalue weighted by Crippen LogP contribution is 1.96. The molecule has 1 heterocycles. The van der Waals surface area contributed by atoms with Gasteiger partial charge in [0.25, 0.3) is 0 Å². The van der Waals surface area contributed by atoms with Gasteiger partial charge in [0.05, 0.1) is 0 Å². The van der Waals surface area contributed by atoms with Crippen molar-refractivity contribution in [2.45, 2.75) is 0 Å². The van der Waals surface area contributed by atoms with Crippen molar-refractivity contribution in [2.24, 2.45) is 0 Å². The van der Waals surface area contributed by atoms with E-state index in [-0.39, 0.29) is 10.7 Å². The lowest BCUT2D eigenvalue weighted by Gasteiger charge is -1.72. The fourth-order valence-electron chi connectivity index (χ4n) is 0.305. The van der Waals surface area contributed by atoms with Crippen LogP contribution in [0, 0.1) is 4.78 Å². The van der Waals surface area contributed by atoms with Crippen LogP contribution in [-0.2, 0) is 10.7 Å². The molecule has 6 heavy (non-hydrogen) atoms. The SMILES string of the molecule is N=S1C=CC=C1. The second-order valence-electron chi connectivity index (χ2n) is 1.03. The molecule has 0 unspecified atom stereocenters. The Balaban J connectivity index is 2.86. The Morgan fingerprint density at radius 3 is 1.83 bits per heavy atom. The molecule has 0 radical (unpaired) electrons. The second kappa shape index (κ2) is 1.39. The van der Waals surface area contributed by atoms with Gasteiger partial charge in [-0.2, -0.15) is 0 Å². The quantitative estimate of drug-likeness (QED) is 0.474. The number of rotatable bonds is 0. The Hall–Kier alpha value is -0.370. The van der Waals surface area contributed by atoms with Gasteiger partial charge in [0, 0.05) is 0 Å². The van der Waals surface area contributed by atoms with Crippen molar-refractivity contribution in [1.29, 1.82) is 4.78 Å². The van der Waals surface area contributed by atoms with Crippen LogP contribution in [0.3, 0.4) is 0 Å². The molecule has 0 saturated carbocycles. The average molecular weight is 99.2 g/mol. The average Bonchev–Trinajstić information content (AvgIpc) is 1.86. The Labute approximate surface area is 39.3 Å². The zero-order chi connectivity index (χ0) is 4.41. The van der Waals surface area contributed by atoms with Crippen LogP contribution in [0.1, 0.15) is 0 Å². The van der Waals surface area contributed by atoms with Gasteiger partial charge in [0.1, 0.15) is 0 Å². The zero-order valence-electron chi connectivity index (χ0n) is 3.22. The molecule has 0 aromatic heterocycles.